The Bertz CT molecular complexity index is 437. The predicted molar refractivity (Wildman–Crippen MR) is 81.5 cm³/mol. The van der Waals surface area contributed by atoms with E-state index >= 15 is 0 Å². The maximum absolute atomic E-state index is 11.2. The van der Waals surface area contributed by atoms with Crippen LogP contribution >= 0.6 is 0 Å². The Labute approximate surface area is 122 Å². The molecule has 114 valence electrons. The smallest absolute Gasteiger partial charge is 0.219 e. The van der Waals surface area contributed by atoms with Gasteiger partial charge < -0.3 is 10.6 Å². The summed E-state index contributed by atoms with van der Waals surface area (Å²) in [6.45, 7) is 11.2. The average Bonchev–Trinajstić information content (AvgIpc) is 2.65. The predicted octanol–water partition coefficient (Wildman–Crippen LogP) is 1.77. The minimum Gasteiger partial charge on any atom is -0.359 e. The summed E-state index contributed by atoms with van der Waals surface area (Å²) in [6.07, 6.45) is 1.37. The first-order chi connectivity index (χ1) is 9.45. The summed E-state index contributed by atoms with van der Waals surface area (Å²) < 4.78 is 2.02. The quantitative estimate of drug-likeness (QED) is 0.763. The van der Waals surface area contributed by atoms with Crippen LogP contribution < -0.4 is 10.6 Å². The van der Waals surface area contributed by atoms with Crippen LogP contribution in [0.15, 0.2) is 0 Å². The van der Waals surface area contributed by atoms with Crippen molar-refractivity contribution < 1.29 is 4.79 Å². The summed E-state index contributed by atoms with van der Waals surface area (Å²) in [4.78, 5) is 11.2. The number of hydrogen-bond donors (Lipinski definition) is 2. The van der Waals surface area contributed by atoms with Crippen LogP contribution in [0.4, 0.5) is 0 Å². The van der Waals surface area contributed by atoms with Crippen molar-refractivity contribution >= 4 is 5.91 Å². The molecule has 1 amide bonds. The minimum atomic E-state index is 0.0883. The van der Waals surface area contributed by atoms with Gasteiger partial charge in [0.1, 0.15) is 0 Å². The Morgan fingerprint density at radius 3 is 2.65 bits per heavy atom. The van der Waals surface area contributed by atoms with Crippen LogP contribution in [0.3, 0.4) is 0 Å². The van der Waals surface area contributed by atoms with E-state index in [0.717, 1.165) is 31.7 Å². The van der Waals surface area contributed by atoms with Crippen LogP contribution in [-0.2, 0) is 17.9 Å². The van der Waals surface area contributed by atoms with E-state index in [1.165, 1.54) is 11.3 Å². The molecule has 0 aliphatic heterocycles. The molecule has 0 bridgehead atoms. The first-order valence-corrected chi connectivity index (χ1v) is 7.39. The van der Waals surface area contributed by atoms with Crippen molar-refractivity contribution in [3.05, 3.63) is 17.0 Å². The lowest BCUT2D eigenvalue weighted by atomic mass is 10.1. The summed E-state index contributed by atoms with van der Waals surface area (Å²) in [7, 11) is 1.67. The van der Waals surface area contributed by atoms with Gasteiger partial charge in [0.2, 0.25) is 5.91 Å². The van der Waals surface area contributed by atoms with E-state index in [9.17, 15) is 4.79 Å². The zero-order chi connectivity index (χ0) is 15.1. The second-order valence-electron chi connectivity index (χ2n) is 5.67. The highest BCUT2D eigenvalue weighted by atomic mass is 16.1. The minimum absolute atomic E-state index is 0.0883. The fourth-order valence-corrected chi connectivity index (χ4v) is 2.21. The molecule has 0 saturated heterocycles. The molecule has 0 fully saturated rings. The number of amides is 1. The zero-order valence-electron chi connectivity index (χ0n) is 13.4. The molecule has 5 heteroatoms. The van der Waals surface area contributed by atoms with Crippen molar-refractivity contribution in [3.63, 3.8) is 0 Å². The summed E-state index contributed by atoms with van der Waals surface area (Å²) in [5.41, 5.74) is 3.57. The van der Waals surface area contributed by atoms with Crippen LogP contribution in [0.25, 0.3) is 0 Å². The third-order valence-electron chi connectivity index (χ3n) is 3.44. The summed E-state index contributed by atoms with van der Waals surface area (Å²) in [6, 6.07) is 0. The first kappa shape index (κ1) is 16.7. The number of carbonyl (C=O) groups excluding carboxylic acids is 1. The van der Waals surface area contributed by atoms with Gasteiger partial charge in [0.25, 0.3) is 0 Å². The van der Waals surface area contributed by atoms with Crippen LogP contribution in [0.2, 0.25) is 0 Å². The zero-order valence-corrected chi connectivity index (χ0v) is 13.4. The van der Waals surface area contributed by atoms with Gasteiger partial charge in [0, 0.05) is 37.8 Å². The fourth-order valence-electron chi connectivity index (χ4n) is 2.21. The highest BCUT2D eigenvalue weighted by Gasteiger charge is 2.11. The molecule has 0 aliphatic carbocycles. The average molecular weight is 280 g/mol. The molecule has 1 rings (SSSR count). The number of hydrogen-bond acceptors (Lipinski definition) is 3. The first-order valence-electron chi connectivity index (χ1n) is 7.39. The number of nitrogens with zero attached hydrogens (tertiary/aromatic N) is 2. The van der Waals surface area contributed by atoms with Gasteiger partial charge in [-0.05, 0) is 32.7 Å². The number of rotatable bonds is 8. The number of aromatic nitrogens is 2. The monoisotopic (exact) mass is 280 g/mol. The number of carbonyl (C=O) groups is 1. The number of aryl methyl sites for hydroxylation is 2. The van der Waals surface area contributed by atoms with E-state index in [0.29, 0.717) is 12.3 Å². The van der Waals surface area contributed by atoms with E-state index in [1.807, 2.05) is 4.68 Å². The Morgan fingerprint density at radius 2 is 2.05 bits per heavy atom. The highest BCUT2D eigenvalue weighted by Crippen LogP contribution is 2.13. The van der Waals surface area contributed by atoms with Crippen molar-refractivity contribution in [2.24, 2.45) is 5.92 Å². The van der Waals surface area contributed by atoms with E-state index in [2.05, 4.69) is 43.4 Å². The van der Waals surface area contributed by atoms with Gasteiger partial charge in [0.05, 0.1) is 5.69 Å². The standard InChI is InChI=1S/C15H28N4O/c1-11(2)9-17-10-14-12(3)18-19(13(14)4)8-6-7-15(20)16-5/h11,17H,6-10H2,1-5H3,(H,16,20). The molecule has 0 radical (unpaired) electrons. The van der Waals surface area contributed by atoms with Gasteiger partial charge in [-0.2, -0.15) is 5.10 Å². The van der Waals surface area contributed by atoms with Crippen LogP contribution in [0.5, 0.6) is 0 Å². The molecule has 0 aliphatic rings. The molecule has 5 nitrogen and oxygen atoms in total. The maximum atomic E-state index is 11.2. The van der Waals surface area contributed by atoms with Crippen LogP contribution in [0, 0.1) is 19.8 Å². The second-order valence-corrected chi connectivity index (χ2v) is 5.67. The van der Waals surface area contributed by atoms with Crippen molar-refractivity contribution in [2.45, 2.75) is 53.6 Å². The van der Waals surface area contributed by atoms with Gasteiger partial charge in [-0.1, -0.05) is 13.8 Å². The lowest BCUT2D eigenvalue weighted by Gasteiger charge is -2.08. The molecule has 0 atom stereocenters. The summed E-state index contributed by atoms with van der Waals surface area (Å²) in [5.74, 6) is 0.739. The summed E-state index contributed by atoms with van der Waals surface area (Å²) >= 11 is 0. The van der Waals surface area contributed by atoms with E-state index in [4.69, 9.17) is 0 Å². The van der Waals surface area contributed by atoms with Gasteiger partial charge in [-0.25, -0.2) is 0 Å². The Kier molecular flexibility index (Phi) is 6.71. The van der Waals surface area contributed by atoms with Gasteiger partial charge >= 0.3 is 0 Å². The molecule has 1 aromatic rings. The molecule has 1 heterocycles. The third kappa shape index (κ3) is 4.96. The topological polar surface area (TPSA) is 59.0 Å². The Morgan fingerprint density at radius 1 is 1.35 bits per heavy atom. The van der Waals surface area contributed by atoms with E-state index < -0.39 is 0 Å². The third-order valence-corrected chi connectivity index (χ3v) is 3.44. The second kappa shape index (κ2) is 8.04. The molecular weight excluding hydrogens is 252 g/mol. The van der Waals surface area contributed by atoms with Crippen molar-refractivity contribution in [2.75, 3.05) is 13.6 Å². The van der Waals surface area contributed by atoms with E-state index in [1.54, 1.807) is 7.05 Å². The highest BCUT2D eigenvalue weighted by molar-refractivity contribution is 5.75. The van der Waals surface area contributed by atoms with Crippen molar-refractivity contribution in [3.8, 4) is 0 Å². The Balaban J connectivity index is 2.55. The molecule has 0 saturated carbocycles. The molecule has 0 unspecified atom stereocenters. The molecule has 20 heavy (non-hydrogen) atoms. The molecule has 2 N–H and O–H groups in total. The lowest BCUT2D eigenvalue weighted by molar-refractivity contribution is -0.120. The lowest BCUT2D eigenvalue weighted by Crippen LogP contribution is -2.20. The van der Waals surface area contributed by atoms with Crippen LogP contribution in [-0.4, -0.2) is 29.3 Å². The molecular formula is C15H28N4O. The number of nitrogens with one attached hydrogen (secondary N) is 2. The normalized spacial score (nSPS) is 11.1. The largest absolute Gasteiger partial charge is 0.359 e. The summed E-state index contributed by atoms with van der Waals surface area (Å²) in [5, 5.41) is 10.7. The van der Waals surface area contributed by atoms with E-state index in [-0.39, 0.29) is 5.91 Å². The molecule has 0 spiro atoms. The SMILES string of the molecule is CNC(=O)CCCn1nc(C)c(CNCC(C)C)c1C. The van der Waals surface area contributed by atoms with Crippen molar-refractivity contribution in [1.29, 1.82) is 0 Å². The van der Waals surface area contributed by atoms with Crippen molar-refractivity contribution in [1.82, 2.24) is 20.4 Å². The van der Waals surface area contributed by atoms with Gasteiger partial charge in [-0.15, -0.1) is 0 Å². The fraction of sp³-hybridized carbons (Fsp3) is 0.733. The molecule has 0 aromatic carbocycles. The maximum Gasteiger partial charge on any atom is 0.219 e. The Hall–Kier alpha value is -1.36. The molecule has 1 aromatic heterocycles. The van der Waals surface area contributed by atoms with Crippen LogP contribution in [0.1, 0.15) is 43.6 Å². The van der Waals surface area contributed by atoms with Gasteiger partial charge in [-0.3, -0.25) is 9.48 Å². The van der Waals surface area contributed by atoms with Gasteiger partial charge in [0.15, 0.2) is 0 Å².